The summed E-state index contributed by atoms with van der Waals surface area (Å²) in [6.45, 7) is 0. The summed E-state index contributed by atoms with van der Waals surface area (Å²) in [5, 5.41) is 0. The number of pyridine rings is 1. The Balaban J connectivity index is 2.00. The van der Waals surface area contributed by atoms with Gasteiger partial charge in [-0.2, -0.15) is 4.57 Å². The molecule has 0 aliphatic carbocycles. The summed E-state index contributed by atoms with van der Waals surface area (Å²) in [7, 11) is 3.43. The lowest BCUT2D eigenvalue weighted by Gasteiger charge is -1.99. The van der Waals surface area contributed by atoms with Crippen LogP contribution in [0, 0.1) is 0 Å². The number of hydrogen-bond acceptors (Lipinski definition) is 3. The third-order valence-electron chi connectivity index (χ3n) is 2.74. The average Bonchev–Trinajstić information content (AvgIpc) is 2.48. The number of rotatable bonds is 4. The highest BCUT2D eigenvalue weighted by atomic mass is 16.5. The third kappa shape index (κ3) is 3.68. The smallest absolute Gasteiger partial charge is 0.375 e. The van der Waals surface area contributed by atoms with E-state index < -0.39 is 5.97 Å². The van der Waals surface area contributed by atoms with Crippen LogP contribution in [0.4, 0.5) is 0 Å². The maximum atomic E-state index is 11.7. The van der Waals surface area contributed by atoms with Gasteiger partial charge in [0.25, 0.3) is 0 Å². The summed E-state index contributed by atoms with van der Waals surface area (Å²) in [6.07, 6.45) is 4.91. The zero-order chi connectivity index (χ0) is 14.4. The number of carbonyl (C=O) groups is 1. The van der Waals surface area contributed by atoms with Crippen LogP contribution in [-0.2, 0) is 11.8 Å². The van der Waals surface area contributed by atoms with E-state index in [1.165, 1.54) is 6.08 Å². The lowest BCUT2D eigenvalue weighted by atomic mass is 10.2. The summed E-state index contributed by atoms with van der Waals surface area (Å²) in [4.78, 5) is 11.7. The van der Waals surface area contributed by atoms with Crippen LogP contribution in [0.15, 0.2) is 54.7 Å². The molecule has 0 aliphatic rings. The molecule has 0 aliphatic heterocycles. The molecule has 102 valence electrons. The largest absolute Gasteiger partial charge is 0.497 e. The molecule has 0 saturated heterocycles. The third-order valence-corrected chi connectivity index (χ3v) is 2.74. The van der Waals surface area contributed by atoms with Crippen molar-refractivity contribution in [1.82, 2.24) is 0 Å². The highest BCUT2D eigenvalue weighted by Crippen LogP contribution is 2.12. The van der Waals surface area contributed by atoms with Crippen molar-refractivity contribution in [3.63, 3.8) is 0 Å². The van der Waals surface area contributed by atoms with Crippen molar-refractivity contribution in [2.75, 3.05) is 7.11 Å². The molecule has 4 nitrogen and oxygen atoms in total. The first kappa shape index (κ1) is 13.8. The second-order valence-corrected chi connectivity index (χ2v) is 4.18. The van der Waals surface area contributed by atoms with E-state index in [0.29, 0.717) is 5.88 Å². The van der Waals surface area contributed by atoms with Gasteiger partial charge in [0.15, 0.2) is 6.20 Å². The highest BCUT2D eigenvalue weighted by molar-refractivity contribution is 5.88. The van der Waals surface area contributed by atoms with Crippen molar-refractivity contribution in [3.8, 4) is 11.6 Å². The molecule has 0 N–H and O–H groups in total. The maximum absolute atomic E-state index is 11.7. The van der Waals surface area contributed by atoms with E-state index in [9.17, 15) is 4.79 Å². The van der Waals surface area contributed by atoms with Gasteiger partial charge in [0.1, 0.15) is 12.8 Å². The van der Waals surface area contributed by atoms with Gasteiger partial charge >= 0.3 is 11.8 Å². The van der Waals surface area contributed by atoms with Crippen molar-refractivity contribution >= 4 is 12.0 Å². The fourth-order valence-electron chi connectivity index (χ4n) is 1.63. The lowest BCUT2D eigenvalue weighted by molar-refractivity contribution is -0.675. The molecular formula is C16H16NO3+. The fraction of sp³-hybridized carbons (Fsp3) is 0.125. The standard InChI is InChI=1S/C16H16NO3/c1-17-12-4-3-5-15(17)20-16(18)11-8-13-6-9-14(19-2)10-7-13/h3-12H,1-2H3/q+1/b11-8+. The second-order valence-electron chi connectivity index (χ2n) is 4.18. The summed E-state index contributed by atoms with van der Waals surface area (Å²) in [5.41, 5.74) is 0.903. The van der Waals surface area contributed by atoms with E-state index in [-0.39, 0.29) is 0 Å². The zero-order valence-electron chi connectivity index (χ0n) is 11.4. The van der Waals surface area contributed by atoms with Crippen LogP contribution in [-0.4, -0.2) is 13.1 Å². The summed E-state index contributed by atoms with van der Waals surface area (Å²) < 4.78 is 12.0. The van der Waals surface area contributed by atoms with Gasteiger partial charge in [0.05, 0.1) is 13.2 Å². The predicted molar refractivity (Wildman–Crippen MR) is 75.3 cm³/mol. The Morgan fingerprint density at radius 3 is 2.55 bits per heavy atom. The molecule has 0 radical (unpaired) electrons. The summed E-state index contributed by atoms with van der Waals surface area (Å²) in [5.74, 6) is 0.862. The van der Waals surface area contributed by atoms with Gasteiger partial charge < -0.3 is 9.47 Å². The van der Waals surface area contributed by atoms with Crippen LogP contribution in [0.3, 0.4) is 0 Å². The van der Waals surface area contributed by atoms with Crippen LogP contribution in [0.5, 0.6) is 11.6 Å². The molecule has 0 bridgehead atoms. The number of methoxy groups -OCH3 is 1. The molecular weight excluding hydrogens is 254 g/mol. The highest BCUT2D eigenvalue weighted by Gasteiger charge is 2.09. The van der Waals surface area contributed by atoms with Crippen LogP contribution in [0.25, 0.3) is 6.08 Å². The van der Waals surface area contributed by atoms with Gasteiger partial charge in [-0.15, -0.1) is 0 Å². The molecule has 0 atom stereocenters. The molecule has 1 aromatic heterocycles. The monoisotopic (exact) mass is 270 g/mol. The molecule has 2 rings (SSSR count). The van der Waals surface area contributed by atoms with E-state index in [4.69, 9.17) is 9.47 Å². The van der Waals surface area contributed by atoms with Crippen LogP contribution in [0.2, 0.25) is 0 Å². The van der Waals surface area contributed by atoms with E-state index in [1.807, 2.05) is 49.6 Å². The Bertz CT molecular complexity index is 618. The van der Waals surface area contributed by atoms with E-state index in [1.54, 1.807) is 23.8 Å². The summed E-state index contributed by atoms with van der Waals surface area (Å²) in [6, 6.07) is 12.8. The Morgan fingerprint density at radius 2 is 1.90 bits per heavy atom. The van der Waals surface area contributed by atoms with E-state index in [2.05, 4.69) is 0 Å². The molecule has 0 fully saturated rings. The SMILES string of the molecule is COc1ccc(/C=C/C(=O)Oc2cccc[n+]2C)cc1. The minimum atomic E-state index is -0.414. The fourth-order valence-corrected chi connectivity index (χ4v) is 1.63. The number of carbonyl (C=O) groups excluding carboxylic acids is 1. The summed E-state index contributed by atoms with van der Waals surface area (Å²) >= 11 is 0. The number of aromatic nitrogens is 1. The topological polar surface area (TPSA) is 39.4 Å². The Hall–Kier alpha value is -2.62. The quantitative estimate of drug-likeness (QED) is 0.485. The number of esters is 1. The number of nitrogens with zero attached hydrogens (tertiary/aromatic N) is 1. The first-order valence-electron chi connectivity index (χ1n) is 6.17. The van der Waals surface area contributed by atoms with E-state index in [0.717, 1.165) is 11.3 Å². The lowest BCUT2D eigenvalue weighted by Crippen LogP contribution is -2.30. The first-order chi connectivity index (χ1) is 9.69. The van der Waals surface area contributed by atoms with Crippen molar-refractivity contribution in [1.29, 1.82) is 0 Å². The minimum absolute atomic E-state index is 0.414. The molecule has 1 aromatic carbocycles. The molecule has 0 amide bonds. The Labute approximate surface area is 117 Å². The zero-order valence-corrected chi connectivity index (χ0v) is 11.4. The van der Waals surface area contributed by atoms with Crippen LogP contribution in [0.1, 0.15) is 5.56 Å². The van der Waals surface area contributed by atoms with Crippen molar-refractivity contribution in [2.45, 2.75) is 0 Å². The second kappa shape index (κ2) is 6.52. The van der Waals surface area contributed by atoms with Gasteiger partial charge in [-0.3, -0.25) is 0 Å². The molecule has 0 saturated carbocycles. The number of ether oxygens (including phenoxy) is 2. The van der Waals surface area contributed by atoms with Gasteiger partial charge in [-0.1, -0.05) is 12.1 Å². The van der Waals surface area contributed by atoms with Crippen LogP contribution >= 0.6 is 0 Å². The number of hydrogen-bond donors (Lipinski definition) is 0. The number of benzene rings is 1. The molecule has 1 heterocycles. The van der Waals surface area contributed by atoms with Gasteiger partial charge in [0, 0.05) is 12.1 Å². The molecule has 20 heavy (non-hydrogen) atoms. The average molecular weight is 270 g/mol. The predicted octanol–water partition coefficient (Wildman–Crippen LogP) is 2.14. The first-order valence-corrected chi connectivity index (χ1v) is 6.17. The van der Waals surface area contributed by atoms with Crippen molar-refractivity contribution in [3.05, 3.63) is 60.3 Å². The van der Waals surface area contributed by atoms with Crippen molar-refractivity contribution in [2.24, 2.45) is 7.05 Å². The molecule has 0 unspecified atom stereocenters. The molecule has 0 spiro atoms. The van der Waals surface area contributed by atoms with Crippen LogP contribution < -0.4 is 14.0 Å². The van der Waals surface area contributed by atoms with Gasteiger partial charge in [-0.05, 0) is 29.8 Å². The number of aryl methyl sites for hydroxylation is 1. The Kier molecular flexibility index (Phi) is 4.50. The molecule has 4 heteroatoms. The van der Waals surface area contributed by atoms with Gasteiger partial charge in [-0.25, -0.2) is 4.79 Å². The minimum Gasteiger partial charge on any atom is -0.497 e. The molecule has 2 aromatic rings. The van der Waals surface area contributed by atoms with E-state index >= 15 is 0 Å². The normalized spacial score (nSPS) is 10.5. The van der Waals surface area contributed by atoms with Crippen molar-refractivity contribution < 1.29 is 18.8 Å². The Morgan fingerprint density at radius 1 is 1.15 bits per heavy atom. The maximum Gasteiger partial charge on any atom is 0.375 e. The van der Waals surface area contributed by atoms with Gasteiger partial charge in [0.2, 0.25) is 0 Å².